The van der Waals surface area contributed by atoms with Gasteiger partial charge in [0, 0.05) is 29.9 Å². The first-order chi connectivity index (χ1) is 15.0. The molecule has 3 saturated carbocycles. The van der Waals surface area contributed by atoms with Crippen molar-refractivity contribution in [2.75, 3.05) is 12.0 Å². The SMILES string of the molecule is CS(=O)(=O)OC1CC2C(C1)C2c1cc(-c2cnc(N)c(OC(F)(F)F)c2)nn1CC1CC1. The molecule has 2 unspecified atom stereocenters. The lowest BCUT2D eigenvalue weighted by Gasteiger charge is -2.14. The lowest BCUT2D eigenvalue weighted by molar-refractivity contribution is -0.274. The number of halogens is 3. The Hall–Kier alpha value is -2.34. The van der Waals surface area contributed by atoms with Crippen LogP contribution in [-0.2, 0) is 20.8 Å². The predicted molar refractivity (Wildman–Crippen MR) is 108 cm³/mol. The fourth-order valence-corrected chi connectivity index (χ4v) is 5.54. The van der Waals surface area contributed by atoms with Crippen molar-refractivity contribution >= 4 is 15.9 Å². The molecule has 12 heteroatoms. The molecule has 0 spiro atoms. The van der Waals surface area contributed by atoms with Crippen molar-refractivity contribution in [1.29, 1.82) is 0 Å². The van der Waals surface area contributed by atoms with Gasteiger partial charge in [0.15, 0.2) is 11.6 Å². The van der Waals surface area contributed by atoms with Gasteiger partial charge in [-0.25, -0.2) is 4.98 Å². The van der Waals surface area contributed by atoms with Gasteiger partial charge in [-0.2, -0.15) is 13.5 Å². The average Bonchev–Trinajstić information content (AvgIpc) is 3.50. The van der Waals surface area contributed by atoms with Gasteiger partial charge in [-0.1, -0.05) is 0 Å². The summed E-state index contributed by atoms with van der Waals surface area (Å²) < 4.78 is 72.0. The van der Waals surface area contributed by atoms with E-state index in [1.807, 2.05) is 10.7 Å². The Morgan fingerprint density at radius 1 is 1.22 bits per heavy atom. The zero-order chi connectivity index (χ0) is 22.8. The van der Waals surface area contributed by atoms with Crippen LogP contribution in [0.3, 0.4) is 0 Å². The van der Waals surface area contributed by atoms with E-state index in [2.05, 4.69) is 14.8 Å². The first-order valence-corrected chi connectivity index (χ1v) is 12.3. The largest absolute Gasteiger partial charge is 0.573 e. The van der Waals surface area contributed by atoms with E-state index in [9.17, 15) is 21.6 Å². The van der Waals surface area contributed by atoms with Crippen LogP contribution < -0.4 is 10.5 Å². The number of hydrogen-bond acceptors (Lipinski definition) is 7. The number of nitrogens with zero attached hydrogens (tertiary/aromatic N) is 3. The Kier molecular flexibility index (Phi) is 4.93. The summed E-state index contributed by atoms with van der Waals surface area (Å²) in [5, 5.41) is 4.67. The smallest absolute Gasteiger partial charge is 0.402 e. The minimum absolute atomic E-state index is 0.238. The van der Waals surface area contributed by atoms with E-state index in [0.717, 1.165) is 31.3 Å². The third-order valence-corrected chi connectivity index (χ3v) is 7.02. The lowest BCUT2D eigenvalue weighted by atomic mass is 10.1. The molecule has 0 amide bonds. The van der Waals surface area contributed by atoms with Crippen LogP contribution in [0.2, 0.25) is 0 Å². The van der Waals surface area contributed by atoms with Crippen LogP contribution >= 0.6 is 0 Å². The normalized spacial score (nSPS) is 27.4. The first-order valence-electron chi connectivity index (χ1n) is 10.4. The van der Waals surface area contributed by atoms with E-state index in [1.165, 1.54) is 12.3 Å². The molecule has 8 nitrogen and oxygen atoms in total. The molecule has 5 rings (SSSR count). The van der Waals surface area contributed by atoms with Crippen LogP contribution in [0.25, 0.3) is 11.3 Å². The third kappa shape index (κ3) is 4.56. The topological polar surface area (TPSA) is 109 Å². The van der Waals surface area contributed by atoms with Crippen LogP contribution in [0.1, 0.15) is 37.3 Å². The summed E-state index contributed by atoms with van der Waals surface area (Å²) in [4.78, 5) is 3.84. The number of rotatable bonds is 7. The molecule has 0 aromatic carbocycles. The molecular formula is C20H23F3N4O4S. The van der Waals surface area contributed by atoms with Gasteiger partial charge < -0.3 is 10.5 Å². The van der Waals surface area contributed by atoms with Gasteiger partial charge in [0.1, 0.15) is 0 Å². The van der Waals surface area contributed by atoms with E-state index in [4.69, 9.17) is 9.92 Å². The minimum atomic E-state index is -4.87. The molecule has 174 valence electrons. The van der Waals surface area contributed by atoms with Crippen molar-refractivity contribution in [2.45, 2.75) is 50.6 Å². The Bertz CT molecular complexity index is 1130. The molecule has 0 radical (unpaired) electrons. The number of pyridine rings is 1. The quantitative estimate of drug-likeness (QED) is 0.616. The highest BCUT2D eigenvalue weighted by molar-refractivity contribution is 7.86. The molecule has 32 heavy (non-hydrogen) atoms. The number of nitrogens with two attached hydrogens (primary N) is 1. The number of hydrogen-bond donors (Lipinski definition) is 1. The van der Waals surface area contributed by atoms with Gasteiger partial charge in [0.05, 0.1) is 18.1 Å². The number of aromatic nitrogens is 3. The van der Waals surface area contributed by atoms with Gasteiger partial charge in [-0.05, 0) is 55.6 Å². The molecule has 2 aromatic rings. The maximum atomic E-state index is 12.7. The summed E-state index contributed by atoms with van der Waals surface area (Å²) in [6.07, 6.45) is 0.865. The summed E-state index contributed by atoms with van der Waals surface area (Å²) >= 11 is 0. The average molecular weight is 472 g/mol. The maximum Gasteiger partial charge on any atom is 0.573 e. The van der Waals surface area contributed by atoms with Gasteiger partial charge in [-0.15, -0.1) is 13.2 Å². The van der Waals surface area contributed by atoms with Crippen molar-refractivity contribution in [2.24, 2.45) is 17.8 Å². The lowest BCUT2D eigenvalue weighted by Crippen LogP contribution is -2.18. The second-order valence-corrected chi connectivity index (χ2v) is 10.6. The monoisotopic (exact) mass is 472 g/mol. The van der Waals surface area contributed by atoms with Crippen molar-refractivity contribution in [1.82, 2.24) is 14.8 Å². The molecule has 3 fully saturated rings. The highest BCUT2D eigenvalue weighted by atomic mass is 32.2. The van der Waals surface area contributed by atoms with Crippen LogP contribution in [0, 0.1) is 17.8 Å². The summed E-state index contributed by atoms with van der Waals surface area (Å²) in [7, 11) is -3.49. The molecule has 3 aliphatic rings. The van der Waals surface area contributed by atoms with E-state index in [-0.39, 0.29) is 17.8 Å². The van der Waals surface area contributed by atoms with Crippen LogP contribution in [0.4, 0.5) is 19.0 Å². The summed E-state index contributed by atoms with van der Waals surface area (Å²) in [6, 6.07) is 3.09. The Labute approximate surface area is 183 Å². The van der Waals surface area contributed by atoms with Gasteiger partial charge in [0.25, 0.3) is 10.1 Å². The molecule has 2 heterocycles. The number of ether oxygens (including phenoxy) is 1. The molecule has 3 aliphatic carbocycles. The van der Waals surface area contributed by atoms with Crippen LogP contribution in [-0.4, -0.2) is 41.9 Å². The zero-order valence-corrected chi connectivity index (χ0v) is 18.1. The number of nitrogen functional groups attached to an aromatic ring is 1. The van der Waals surface area contributed by atoms with Gasteiger partial charge in [0.2, 0.25) is 0 Å². The van der Waals surface area contributed by atoms with E-state index in [1.54, 1.807) is 0 Å². The minimum Gasteiger partial charge on any atom is -0.402 e. The van der Waals surface area contributed by atoms with Crippen LogP contribution in [0.5, 0.6) is 5.75 Å². The number of alkyl halides is 3. The molecular weight excluding hydrogens is 449 g/mol. The summed E-state index contributed by atoms with van der Waals surface area (Å²) in [5.41, 5.74) is 7.46. The number of fused-ring (bicyclic) bond motifs is 1. The highest BCUT2D eigenvalue weighted by Crippen LogP contribution is 2.64. The van der Waals surface area contributed by atoms with Crippen LogP contribution in [0.15, 0.2) is 18.3 Å². The zero-order valence-electron chi connectivity index (χ0n) is 17.2. The second-order valence-electron chi connectivity index (χ2n) is 8.98. The van der Waals surface area contributed by atoms with E-state index >= 15 is 0 Å². The molecule has 2 aromatic heterocycles. The van der Waals surface area contributed by atoms with Crippen molar-refractivity contribution in [3.8, 4) is 17.0 Å². The summed E-state index contributed by atoms with van der Waals surface area (Å²) in [5.74, 6) is 0.516. The van der Waals surface area contributed by atoms with Crippen molar-refractivity contribution in [3.63, 3.8) is 0 Å². The summed E-state index contributed by atoms with van der Waals surface area (Å²) in [6.45, 7) is 0.753. The molecule has 2 atom stereocenters. The molecule has 0 aliphatic heterocycles. The van der Waals surface area contributed by atoms with Gasteiger partial charge >= 0.3 is 6.36 Å². The fraction of sp³-hybridized carbons (Fsp3) is 0.600. The molecule has 0 bridgehead atoms. The maximum absolute atomic E-state index is 12.7. The number of anilines is 1. The third-order valence-electron chi connectivity index (χ3n) is 6.40. The van der Waals surface area contributed by atoms with Gasteiger partial charge in [-0.3, -0.25) is 8.86 Å². The standard InChI is InChI=1S/C20H23F3N4O4S/c1-32(28,29)31-12-5-13-14(6-12)18(13)16-7-15(26-27(16)9-10-2-3-10)11-4-17(19(24)25-8-11)30-20(21,22)23/h4,7-8,10,12-14,18H,2-3,5-6,9H2,1H3,(H2,24,25). The van der Waals surface area contributed by atoms with E-state index in [0.29, 0.717) is 41.9 Å². The van der Waals surface area contributed by atoms with Crippen molar-refractivity contribution in [3.05, 3.63) is 24.0 Å². The second kappa shape index (κ2) is 7.34. The Morgan fingerprint density at radius 2 is 1.91 bits per heavy atom. The highest BCUT2D eigenvalue weighted by Gasteiger charge is 2.58. The van der Waals surface area contributed by atoms with Crippen molar-refractivity contribution < 1.29 is 30.5 Å². The van der Waals surface area contributed by atoms with E-state index < -0.39 is 22.2 Å². The Morgan fingerprint density at radius 3 is 2.50 bits per heavy atom. The first kappa shape index (κ1) is 21.5. The fourth-order valence-electron chi connectivity index (χ4n) is 4.89. The predicted octanol–water partition coefficient (Wildman–Crippen LogP) is 3.30. The molecule has 2 N–H and O–H groups in total. The molecule has 0 saturated heterocycles. The Balaban J connectivity index is 1.39.